The van der Waals surface area contributed by atoms with Crippen LogP contribution in [0.5, 0.6) is 0 Å². The molecule has 234 valence electrons. The van der Waals surface area contributed by atoms with Crippen LogP contribution in [-0.4, -0.2) is 60.1 Å². The number of benzene rings is 1. The molecule has 0 atom stereocenters. The number of nitrogens with zero attached hydrogens (tertiary/aromatic N) is 4. The van der Waals surface area contributed by atoms with Crippen molar-refractivity contribution in [2.24, 2.45) is 0 Å². The topological polar surface area (TPSA) is 138 Å². The van der Waals surface area contributed by atoms with Crippen LogP contribution >= 0.6 is 11.3 Å². The molecule has 17 heteroatoms. The third-order valence-electron chi connectivity index (χ3n) is 5.72. The minimum Gasteiger partial charge on any atom is -0.475 e. The molecular formula is C27H23F6N5O5S. The van der Waals surface area contributed by atoms with Gasteiger partial charge in [-0.2, -0.15) is 42.8 Å². The molecule has 44 heavy (non-hydrogen) atoms. The third-order valence-corrected chi connectivity index (χ3v) is 6.45. The second-order valence-electron chi connectivity index (χ2n) is 8.95. The van der Waals surface area contributed by atoms with Crippen LogP contribution in [0.3, 0.4) is 0 Å². The first kappa shape index (κ1) is 33.7. The Labute approximate surface area is 249 Å². The van der Waals surface area contributed by atoms with Gasteiger partial charge in [0.25, 0.3) is 5.91 Å². The van der Waals surface area contributed by atoms with E-state index in [1.165, 1.54) is 5.56 Å². The normalized spacial score (nSPS) is 12.7. The highest BCUT2D eigenvalue weighted by atomic mass is 32.1. The summed E-state index contributed by atoms with van der Waals surface area (Å²) in [6, 6.07) is 16.1. The fraction of sp³-hybridized carbons (Fsp3) is 0.222. The number of alkyl halides is 6. The zero-order valence-electron chi connectivity index (χ0n) is 22.3. The highest BCUT2D eigenvalue weighted by Crippen LogP contribution is 2.26. The monoisotopic (exact) mass is 643 g/mol. The van der Waals surface area contributed by atoms with Gasteiger partial charge in [0.2, 0.25) is 0 Å². The Hall–Kier alpha value is -4.77. The van der Waals surface area contributed by atoms with Crippen LogP contribution < -0.4 is 5.32 Å². The highest BCUT2D eigenvalue weighted by molar-refractivity contribution is 7.07. The lowest BCUT2D eigenvalue weighted by atomic mass is 10.2. The van der Waals surface area contributed by atoms with Crippen LogP contribution in [0.25, 0.3) is 5.82 Å². The number of rotatable bonds is 5. The average Bonchev–Trinajstić information content (AvgIpc) is 3.59. The van der Waals surface area contributed by atoms with Crippen LogP contribution in [0.15, 0.2) is 71.7 Å². The number of pyridine rings is 1. The smallest absolute Gasteiger partial charge is 0.475 e. The summed E-state index contributed by atoms with van der Waals surface area (Å²) in [5, 5.41) is 26.1. The maximum atomic E-state index is 13.0. The molecule has 10 nitrogen and oxygen atoms in total. The van der Waals surface area contributed by atoms with Crippen molar-refractivity contribution in [3.63, 3.8) is 0 Å². The lowest BCUT2D eigenvalue weighted by Gasteiger charge is -2.20. The fourth-order valence-corrected chi connectivity index (χ4v) is 4.44. The largest absolute Gasteiger partial charge is 0.490 e. The predicted molar refractivity (Wildman–Crippen MR) is 144 cm³/mol. The number of fused-ring (bicyclic) bond motifs is 3. The van der Waals surface area contributed by atoms with Gasteiger partial charge in [-0.15, -0.1) is 0 Å². The summed E-state index contributed by atoms with van der Waals surface area (Å²) < 4.78 is 65.3. The minimum atomic E-state index is -5.08. The molecule has 3 N–H and O–H groups in total. The second kappa shape index (κ2) is 14.6. The van der Waals surface area contributed by atoms with Gasteiger partial charge in [0.15, 0.2) is 5.82 Å². The number of thiophene rings is 1. The summed E-state index contributed by atoms with van der Waals surface area (Å²) in [7, 11) is 0. The summed E-state index contributed by atoms with van der Waals surface area (Å²) in [6.07, 6.45) is -6.74. The number of amides is 1. The molecule has 1 aliphatic rings. The van der Waals surface area contributed by atoms with Crippen molar-refractivity contribution in [3.05, 3.63) is 99.6 Å². The van der Waals surface area contributed by atoms with Crippen molar-refractivity contribution < 1.29 is 50.9 Å². The standard InChI is InChI=1S/C23H21N5OS.2C2HF3O2/c29-23(25-11-17-5-2-1-3-6-17)20-12-26-28-21(20)15-27(13-18-8-10-30-16-18)14-19-7-4-9-24-22(19)28;2*3-2(4,5)1(6)7/h1-10,12,16H,11,13-15H2,(H,25,29);2*(H,6,7). The second-order valence-corrected chi connectivity index (χ2v) is 9.73. The fourth-order valence-electron chi connectivity index (χ4n) is 3.78. The molecule has 0 radical (unpaired) electrons. The van der Waals surface area contributed by atoms with Crippen LogP contribution in [0, 0.1) is 0 Å². The van der Waals surface area contributed by atoms with Crippen molar-refractivity contribution in [2.75, 3.05) is 0 Å². The Morgan fingerprint density at radius 3 is 2.09 bits per heavy atom. The Morgan fingerprint density at radius 2 is 1.52 bits per heavy atom. The van der Waals surface area contributed by atoms with Gasteiger partial charge in [-0.1, -0.05) is 36.4 Å². The number of aliphatic carboxylic acids is 2. The summed E-state index contributed by atoms with van der Waals surface area (Å²) in [5.74, 6) is -4.84. The Balaban J connectivity index is 0.000000317. The van der Waals surface area contributed by atoms with Gasteiger partial charge in [0, 0.05) is 37.9 Å². The molecule has 0 spiro atoms. The number of hydrogen-bond donors (Lipinski definition) is 3. The van der Waals surface area contributed by atoms with Gasteiger partial charge >= 0.3 is 24.3 Å². The first-order chi connectivity index (χ1) is 20.7. The van der Waals surface area contributed by atoms with Crippen LogP contribution in [-0.2, 0) is 35.8 Å². The van der Waals surface area contributed by atoms with Gasteiger partial charge in [0.1, 0.15) is 0 Å². The number of halogens is 6. The lowest BCUT2D eigenvalue weighted by Crippen LogP contribution is -2.26. The van der Waals surface area contributed by atoms with E-state index in [2.05, 4.69) is 43.2 Å². The van der Waals surface area contributed by atoms with E-state index >= 15 is 0 Å². The van der Waals surface area contributed by atoms with E-state index in [4.69, 9.17) is 19.8 Å². The quantitative estimate of drug-likeness (QED) is 0.257. The van der Waals surface area contributed by atoms with E-state index < -0.39 is 24.3 Å². The number of carbonyl (C=O) groups is 3. The first-order valence-corrected chi connectivity index (χ1v) is 13.3. The van der Waals surface area contributed by atoms with Crippen molar-refractivity contribution in [3.8, 4) is 5.82 Å². The molecule has 0 aliphatic carbocycles. The summed E-state index contributed by atoms with van der Waals surface area (Å²) in [4.78, 5) is 37.7. The van der Waals surface area contributed by atoms with Crippen molar-refractivity contribution >= 4 is 29.2 Å². The summed E-state index contributed by atoms with van der Waals surface area (Å²) in [6.45, 7) is 2.68. The van der Waals surface area contributed by atoms with Crippen molar-refractivity contribution in [1.29, 1.82) is 0 Å². The lowest BCUT2D eigenvalue weighted by molar-refractivity contribution is -0.193. The van der Waals surface area contributed by atoms with Gasteiger partial charge < -0.3 is 15.5 Å². The number of carboxylic acid groups (broad SMARTS) is 2. The van der Waals surface area contributed by atoms with Crippen molar-refractivity contribution in [2.45, 2.75) is 38.5 Å². The maximum Gasteiger partial charge on any atom is 0.490 e. The summed E-state index contributed by atoms with van der Waals surface area (Å²) >= 11 is 1.70. The maximum absolute atomic E-state index is 13.0. The van der Waals surface area contributed by atoms with Crippen molar-refractivity contribution in [1.82, 2.24) is 25.0 Å². The first-order valence-electron chi connectivity index (χ1n) is 12.3. The van der Waals surface area contributed by atoms with E-state index in [9.17, 15) is 31.1 Å². The van der Waals surface area contributed by atoms with Crippen LogP contribution in [0.4, 0.5) is 26.3 Å². The van der Waals surface area contributed by atoms with E-state index in [-0.39, 0.29) is 5.91 Å². The number of nitrogens with one attached hydrogen (secondary N) is 1. The van der Waals surface area contributed by atoms with Crippen LogP contribution in [0.2, 0.25) is 0 Å². The Morgan fingerprint density at radius 1 is 0.886 bits per heavy atom. The number of carbonyl (C=O) groups excluding carboxylic acids is 1. The van der Waals surface area contributed by atoms with E-state index in [0.29, 0.717) is 18.7 Å². The van der Waals surface area contributed by atoms with E-state index in [1.54, 1.807) is 23.7 Å². The molecule has 0 saturated carbocycles. The molecular weight excluding hydrogens is 620 g/mol. The Bertz CT molecular complexity index is 1540. The number of aromatic nitrogens is 3. The molecule has 0 fully saturated rings. The molecule has 1 aromatic carbocycles. The van der Waals surface area contributed by atoms with Crippen LogP contribution in [0.1, 0.15) is 32.7 Å². The molecule has 0 saturated heterocycles. The van der Waals surface area contributed by atoms with E-state index in [0.717, 1.165) is 35.7 Å². The number of hydrogen-bond acceptors (Lipinski definition) is 7. The molecule has 1 amide bonds. The van der Waals surface area contributed by atoms with Gasteiger partial charge in [-0.3, -0.25) is 9.69 Å². The molecule has 0 unspecified atom stereocenters. The van der Waals surface area contributed by atoms with Gasteiger partial charge in [0.05, 0.1) is 17.5 Å². The molecule has 0 bridgehead atoms. The Kier molecular flexibility index (Phi) is 11.2. The third kappa shape index (κ3) is 9.63. The average molecular weight is 644 g/mol. The minimum absolute atomic E-state index is 0.116. The van der Waals surface area contributed by atoms with Gasteiger partial charge in [-0.25, -0.2) is 19.3 Å². The molecule has 1 aliphatic heterocycles. The molecule has 4 heterocycles. The van der Waals surface area contributed by atoms with Gasteiger partial charge in [-0.05, 0) is 34.0 Å². The van der Waals surface area contributed by atoms with E-state index in [1.807, 2.05) is 41.1 Å². The molecule has 3 aromatic heterocycles. The predicted octanol–water partition coefficient (Wildman–Crippen LogP) is 5.04. The SMILES string of the molecule is O=C(NCc1ccccc1)c1cnn2c1CN(Cc1ccsc1)Cc1cccnc1-2.O=C(O)C(F)(F)F.O=C(O)C(F)(F)F. The molecule has 4 aromatic rings. The molecule has 5 rings (SSSR count). The number of carboxylic acids is 2. The zero-order valence-corrected chi connectivity index (χ0v) is 23.2. The zero-order chi connectivity index (χ0) is 32.5. The summed E-state index contributed by atoms with van der Waals surface area (Å²) in [5.41, 5.74) is 4.91. The highest BCUT2D eigenvalue weighted by Gasteiger charge is 2.39.